The molecule has 3 aromatic rings. The number of carbonyl (C=O) groups is 1. The minimum absolute atomic E-state index is 0.122. The van der Waals surface area contributed by atoms with Crippen molar-refractivity contribution in [2.24, 2.45) is 0 Å². The molecule has 1 amide bonds. The molecule has 142 valence electrons. The van der Waals surface area contributed by atoms with Gasteiger partial charge in [0.1, 0.15) is 0 Å². The molecule has 0 bridgehead atoms. The molecule has 0 radical (unpaired) electrons. The first-order chi connectivity index (χ1) is 13.0. The topological polar surface area (TPSA) is 79.6 Å². The van der Waals surface area contributed by atoms with E-state index < -0.39 is 0 Å². The minimum atomic E-state index is -0.204. The van der Waals surface area contributed by atoms with Gasteiger partial charge in [0.05, 0.1) is 6.54 Å². The van der Waals surface area contributed by atoms with Crippen molar-refractivity contribution >= 4 is 38.9 Å². The summed E-state index contributed by atoms with van der Waals surface area (Å²) in [4.78, 5) is 31.1. The smallest absolute Gasteiger partial charge is 0.275 e. The number of halogens is 1. The first-order valence-electron chi connectivity index (χ1n) is 8.58. The summed E-state index contributed by atoms with van der Waals surface area (Å²) >= 11 is 7.23. The number of hydrogen-bond donors (Lipinski definition) is 1. The summed E-state index contributed by atoms with van der Waals surface area (Å²) in [6, 6.07) is 8.85. The van der Waals surface area contributed by atoms with Crippen molar-refractivity contribution in [2.75, 3.05) is 18.5 Å². The quantitative estimate of drug-likeness (QED) is 0.653. The van der Waals surface area contributed by atoms with E-state index in [2.05, 4.69) is 15.4 Å². The molecule has 0 saturated heterocycles. The molecule has 2 heterocycles. The van der Waals surface area contributed by atoms with Gasteiger partial charge in [-0.1, -0.05) is 48.4 Å². The lowest BCUT2D eigenvalue weighted by atomic mass is 10.2. The zero-order valence-corrected chi connectivity index (χ0v) is 16.7. The highest BCUT2D eigenvalue weighted by atomic mass is 35.5. The monoisotopic (exact) mass is 405 g/mol. The van der Waals surface area contributed by atoms with Crippen LogP contribution in [0.2, 0.25) is 5.02 Å². The predicted molar refractivity (Wildman–Crippen MR) is 108 cm³/mol. The summed E-state index contributed by atoms with van der Waals surface area (Å²) in [6.45, 7) is 2.56. The molecule has 0 aliphatic rings. The third-order valence-corrected chi connectivity index (χ3v) is 5.14. The summed E-state index contributed by atoms with van der Waals surface area (Å²) in [7, 11) is 1.76. The molecule has 0 aliphatic heterocycles. The Bertz CT molecular complexity index is 1020. The first kappa shape index (κ1) is 19.3. The number of aryl methyl sites for hydroxylation is 1. The van der Waals surface area contributed by atoms with Crippen LogP contribution in [0.3, 0.4) is 0 Å². The number of likely N-dealkylation sites (N-methyl/N-ethyl adjacent to an activating group) is 1. The van der Waals surface area contributed by atoms with Gasteiger partial charge in [0, 0.05) is 30.4 Å². The molecule has 0 fully saturated rings. The molecule has 2 aromatic heterocycles. The number of benzene rings is 1. The van der Waals surface area contributed by atoms with Gasteiger partial charge in [-0.2, -0.15) is 4.52 Å². The summed E-state index contributed by atoms with van der Waals surface area (Å²) < 4.78 is 1.28. The Hall–Kier alpha value is -2.45. The van der Waals surface area contributed by atoms with E-state index in [1.54, 1.807) is 18.0 Å². The second kappa shape index (κ2) is 8.49. The second-order valence-electron chi connectivity index (χ2n) is 6.18. The summed E-state index contributed by atoms with van der Waals surface area (Å²) in [5, 5.41) is 8.33. The van der Waals surface area contributed by atoms with Gasteiger partial charge in [0.15, 0.2) is 0 Å². The zero-order chi connectivity index (χ0) is 19.4. The Morgan fingerprint density at radius 2 is 2.19 bits per heavy atom. The van der Waals surface area contributed by atoms with Crippen LogP contribution in [0.1, 0.15) is 24.6 Å². The van der Waals surface area contributed by atoms with Crippen molar-refractivity contribution in [3.63, 3.8) is 0 Å². The van der Waals surface area contributed by atoms with Crippen molar-refractivity contribution in [3.05, 3.63) is 57.0 Å². The number of carbonyl (C=O) groups excluding carboxylic acids is 1. The fraction of sp³-hybridized carbons (Fsp3) is 0.333. The number of aromatic nitrogens is 3. The molecule has 0 atom stereocenters. The maximum Gasteiger partial charge on any atom is 0.275 e. The molecule has 0 saturated carbocycles. The molecule has 27 heavy (non-hydrogen) atoms. The van der Waals surface area contributed by atoms with Gasteiger partial charge in [0.2, 0.25) is 16.0 Å². The number of rotatable bonds is 7. The predicted octanol–water partition coefficient (Wildman–Crippen LogP) is 2.51. The van der Waals surface area contributed by atoms with Gasteiger partial charge >= 0.3 is 0 Å². The summed E-state index contributed by atoms with van der Waals surface area (Å²) in [5.41, 5.74) is 1.49. The van der Waals surface area contributed by atoms with E-state index in [-0.39, 0.29) is 18.0 Å². The third-order valence-electron chi connectivity index (χ3n) is 3.88. The molecule has 0 aliphatic carbocycles. The minimum Gasteiger partial charge on any atom is -0.350 e. The van der Waals surface area contributed by atoms with Crippen LogP contribution in [-0.4, -0.2) is 34.1 Å². The summed E-state index contributed by atoms with van der Waals surface area (Å²) in [5.74, 6) is -0.149. The molecule has 9 heteroatoms. The van der Waals surface area contributed by atoms with Crippen LogP contribution >= 0.6 is 22.9 Å². The largest absolute Gasteiger partial charge is 0.350 e. The van der Waals surface area contributed by atoms with Gasteiger partial charge in [0.25, 0.3) is 5.56 Å². The highest BCUT2D eigenvalue weighted by Crippen LogP contribution is 2.20. The highest BCUT2D eigenvalue weighted by Gasteiger charge is 2.14. The van der Waals surface area contributed by atoms with E-state index in [4.69, 9.17) is 11.6 Å². The van der Waals surface area contributed by atoms with Crippen molar-refractivity contribution in [1.82, 2.24) is 19.9 Å². The molecular weight excluding hydrogens is 386 g/mol. The molecule has 7 nitrogen and oxygen atoms in total. The number of amides is 1. The van der Waals surface area contributed by atoms with Crippen molar-refractivity contribution < 1.29 is 4.79 Å². The van der Waals surface area contributed by atoms with Crippen LogP contribution < -0.4 is 15.8 Å². The molecule has 1 aromatic carbocycles. The van der Waals surface area contributed by atoms with Crippen molar-refractivity contribution in [1.29, 1.82) is 0 Å². The first-order valence-corrected chi connectivity index (χ1v) is 9.78. The normalized spacial score (nSPS) is 10.9. The van der Waals surface area contributed by atoms with Crippen LogP contribution in [0.25, 0.3) is 4.96 Å². The Morgan fingerprint density at radius 1 is 1.37 bits per heavy atom. The van der Waals surface area contributed by atoms with Crippen LogP contribution in [-0.2, 0) is 17.8 Å². The zero-order valence-electron chi connectivity index (χ0n) is 15.1. The van der Waals surface area contributed by atoms with Crippen molar-refractivity contribution in [2.45, 2.75) is 26.3 Å². The molecule has 3 rings (SSSR count). The molecule has 0 spiro atoms. The average molecular weight is 406 g/mol. The number of fused-ring (bicyclic) bond motifs is 1. The Morgan fingerprint density at radius 3 is 2.93 bits per heavy atom. The van der Waals surface area contributed by atoms with Gasteiger partial charge in [-0.3, -0.25) is 9.59 Å². The molecular formula is C18H20ClN5O2S. The Balaban J connectivity index is 1.66. The number of nitrogens with zero attached hydrogens (tertiary/aromatic N) is 4. The van der Waals surface area contributed by atoms with Gasteiger partial charge in [-0.05, 0) is 24.1 Å². The van der Waals surface area contributed by atoms with E-state index in [0.717, 1.165) is 24.1 Å². The Labute approximate surface area is 165 Å². The maximum absolute atomic E-state index is 12.2. The van der Waals surface area contributed by atoms with Crippen LogP contribution in [0, 0.1) is 0 Å². The van der Waals surface area contributed by atoms with E-state index in [1.165, 1.54) is 21.9 Å². The van der Waals surface area contributed by atoms with Gasteiger partial charge in [-0.25, -0.2) is 4.98 Å². The maximum atomic E-state index is 12.2. The van der Waals surface area contributed by atoms with Crippen LogP contribution in [0.4, 0.5) is 5.13 Å². The summed E-state index contributed by atoms with van der Waals surface area (Å²) in [6.07, 6.45) is 1.67. The molecule has 1 N–H and O–H groups in total. The third kappa shape index (κ3) is 4.84. The van der Waals surface area contributed by atoms with Gasteiger partial charge < -0.3 is 10.2 Å². The molecule has 0 unspecified atom stereocenters. The van der Waals surface area contributed by atoms with Crippen LogP contribution in [0.15, 0.2) is 35.1 Å². The fourth-order valence-electron chi connectivity index (χ4n) is 2.57. The lowest BCUT2D eigenvalue weighted by Crippen LogP contribution is -2.34. The highest BCUT2D eigenvalue weighted by molar-refractivity contribution is 7.20. The van der Waals surface area contributed by atoms with E-state index >= 15 is 0 Å². The van der Waals surface area contributed by atoms with Gasteiger partial charge in [-0.15, -0.1) is 5.10 Å². The van der Waals surface area contributed by atoms with E-state index in [9.17, 15) is 9.59 Å². The lowest BCUT2D eigenvalue weighted by Gasteiger charge is -2.14. The van der Waals surface area contributed by atoms with Crippen molar-refractivity contribution in [3.8, 4) is 0 Å². The number of nitrogens with one attached hydrogen (secondary N) is 1. The second-order valence-corrected chi connectivity index (χ2v) is 7.55. The Kier molecular flexibility index (Phi) is 6.08. The number of anilines is 1. The lowest BCUT2D eigenvalue weighted by molar-refractivity contribution is -0.119. The van der Waals surface area contributed by atoms with E-state index in [0.29, 0.717) is 21.7 Å². The van der Waals surface area contributed by atoms with Crippen LogP contribution in [0.5, 0.6) is 0 Å². The standard InChI is InChI=1S/C18H20ClN5O2S/c1-3-5-14-9-16(26)24-17(21-14)27-18(22-24)23(2)11-15(25)20-10-12-6-4-7-13(19)8-12/h4,6-9H,3,5,10-11H2,1-2H3,(H,20,25). The fourth-order valence-corrected chi connectivity index (χ4v) is 3.67. The number of hydrogen-bond acceptors (Lipinski definition) is 6. The van der Waals surface area contributed by atoms with E-state index in [1.807, 2.05) is 25.1 Å². The average Bonchev–Trinajstić information content (AvgIpc) is 3.05. The SMILES string of the molecule is CCCc1cc(=O)n2nc(N(C)CC(=O)NCc3cccc(Cl)c3)sc2n1.